The van der Waals surface area contributed by atoms with Crippen molar-refractivity contribution in [3.8, 4) is 0 Å². The lowest BCUT2D eigenvalue weighted by Crippen LogP contribution is -2.32. The molecule has 0 spiro atoms. The van der Waals surface area contributed by atoms with Crippen LogP contribution in [0.15, 0.2) is 53.4 Å². The quantitative estimate of drug-likeness (QED) is 0.882. The van der Waals surface area contributed by atoms with E-state index in [1.54, 1.807) is 19.1 Å². The molecule has 0 saturated carbocycles. The minimum atomic E-state index is -1.39. The average Bonchev–Trinajstić information content (AvgIpc) is 2.48. The van der Waals surface area contributed by atoms with Gasteiger partial charge in [0.25, 0.3) is 0 Å². The fourth-order valence-corrected chi connectivity index (χ4v) is 3.85. The molecule has 3 nitrogen and oxygen atoms in total. The van der Waals surface area contributed by atoms with E-state index in [1.807, 2.05) is 54.6 Å². The summed E-state index contributed by atoms with van der Waals surface area (Å²) in [6.45, 7) is 5.69. The molecule has 5 heteroatoms. The van der Waals surface area contributed by atoms with E-state index in [1.165, 1.54) is 0 Å². The van der Waals surface area contributed by atoms with E-state index in [0.29, 0.717) is 9.92 Å². The van der Waals surface area contributed by atoms with Gasteiger partial charge in [-0.25, -0.2) is 4.21 Å². The average molecular weight is 338 g/mol. The summed E-state index contributed by atoms with van der Waals surface area (Å²) >= 11 is 6.17. The maximum Gasteiger partial charge on any atom is 0.154 e. The highest BCUT2D eigenvalue weighted by Crippen LogP contribution is 2.28. The van der Waals surface area contributed by atoms with Gasteiger partial charge in [0.15, 0.2) is 11.0 Å². The van der Waals surface area contributed by atoms with Gasteiger partial charge in [0, 0.05) is 11.7 Å². The largest absolute Gasteiger partial charge is 0.389 e. The molecule has 0 heterocycles. The van der Waals surface area contributed by atoms with E-state index >= 15 is 0 Å². The summed E-state index contributed by atoms with van der Waals surface area (Å²) in [7, 11) is -1.39. The van der Waals surface area contributed by atoms with Gasteiger partial charge in [0.05, 0.1) is 16.0 Å². The molecule has 0 bridgehead atoms. The van der Waals surface area contributed by atoms with Crippen LogP contribution in [0.4, 0.5) is 5.69 Å². The van der Waals surface area contributed by atoms with Crippen molar-refractivity contribution in [3.05, 3.63) is 59.1 Å². The van der Waals surface area contributed by atoms with E-state index in [-0.39, 0.29) is 6.04 Å². The minimum absolute atomic E-state index is 0.0366. The summed E-state index contributed by atoms with van der Waals surface area (Å²) in [5.74, 6) is 0. The molecular weight excluding hydrogens is 318 g/mol. The van der Waals surface area contributed by atoms with Crippen molar-refractivity contribution >= 4 is 28.3 Å². The molecule has 0 fully saturated rings. The smallest absolute Gasteiger partial charge is 0.154 e. The maximum absolute atomic E-state index is 12.9. The fourth-order valence-electron chi connectivity index (χ4n) is 2.18. The summed E-state index contributed by atoms with van der Waals surface area (Å²) in [6, 6.07) is 14.6. The maximum atomic E-state index is 12.9. The molecule has 0 aliphatic carbocycles. The Hall–Kier alpha value is -1.36. The predicted octanol–water partition coefficient (Wildman–Crippen LogP) is 4.33. The van der Waals surface area contributed by atoms with E-state index < -0.39 is 17.1 Å². The number of halogens is 1. The van der Waals surface area contributed by atoms with Gasteiger partial charge in [0.1, 0.15) is 0 Å². The second-order valence-electron chi connectivity index (χ2n) is 5.37. The number of benzene rings is 2. The number of hydrogen-bond donors (Lipinski definition) is 1. The first-order valence-electron chi connectivity index (χ1n) is 7.15. The van der Waals surface area contributed by atoms with Crippen LogP contribution in [0.2, 0.25) is 5.02 Å². The van der Waals surface area contributed by atoms with Crippen molar-refractivity contribution in [2.24, 2.45) is 0 Å². The Balaban J connectivity index is 2.38. The van der Waals surface area contributed by atoms with Crippen LogP contribution >= 0.6 is 11.6 Å². The van der Waals surface area contributed by atoms with Crippen molar-refractivity contribution in [1.29, 1.82) is 0 Å². The van der Waals surface area contributed by atoms with Gasteiger partial charge in [-0.1, -0.05) is 35.9 Å². The Morgan fingerprint density at radius 3 is 2.14 bits per heavy atom. The monoisotopic (exact) mass is 337 g/mol. The fraction of sp³-hybridized carbons (Fsp3) is 0.294. The van der Waals surface area contributed by atoms with Gasteiger partial charge in [-0.2, -0.15) is 0 Å². The van der Waals surface area contributed by atoms with Gasteiger partial charge in [-0.05, 0) is 50.6 Å². The molecule has 0 aliphatic heterocycles. The topological polar surface area (TPSA) is 40.5 Å². The van der Waals surface area contributed by atoms with Crippen LogP contribution in [0.5, 0.6) is 0 Å². The molecule has 0 aliphatic rings. The SMILES string of the molecule is CC(O)c1ccc(N(C(C)C)S(=O)c2ccccc2Cl)cc1. The highest BCUT2D eigenvalue weighted by Gasteiger charge is 2.21. The third-order valence-electron chi connectivity index (χ3n) is 3.30. The zero-order chi connectivity index (χ0) is 16.3. The number of hydrogen-bond acceptors (Lipinski definition) is 2. The number of rotatable bonds is 5. The van der Waals surface area contributed by atoms with Crippen LogP contribution in [-0.2, 0) is 11.0 Å². The molecular formula is C17H20ClNO2S. The zero-order valence-corrected chi connectivity index (χ0v) is 14.4. The van der Waals surface area contributed by atoms with Crippen LogP contribution in [0.3, 0.4) is 0 Å². The molecule has 2 rings (SSSR count). The Kier molecular flexibility index (Phi) is 5.62. The molecule has 2 unspecified atom stereocenters. The standard InChI is InChI=1S/C17H20ClNO2S/c1-12(2)19(15-10-8-14(9-11-15)13(3)20)22(21)17-7-5-4-6-16(17)18/h4-13,20H,1-3H3. The number of aliphatic hydroxyl groups excluding tert-OH is 1. The summed E-state index contributed by atoms with van der Waals surface area (Å²) < 4.78 is 14.7. The Bertz CT molecular complexity index is 656. The van der Waals surface area contributed by atoms with Crippen molar-refractivity contribution in [2.75, 3.05) is 4.31 Å². The zero-order valence-electron chi connectivity index (χ0n) is 12.9. The number of nitrogens with zero attached hydrogens (tertiary/aromatic N) is 1. The first kappa shape index (κ1) is 17.0. The molecule has 118 valence electrons. The van der Waals surface area contributed by atoms with Gasteiger partial charge in [0.2, 0.25) is 0 Å². The van der Waals surface area contributed by atoms with Crippen molar-refractivity contribution < 1.29 is 9.32 Å². The van der Waals surface area contributed by atoms with E-state index in [0.717, 1.165) is 11.3 Å². The highest BCUT2D eigenvalue weighted by atomic mass is 35.5. The van der Waals surface area contributed by atoms with Crippen molar-refractivity contribution in [3.63, 3.8) is 0 Å². The van der Waals surface area contributed by atoms with Gasteiger partial charge < -0.3 is 5.11 Å². The predicted molar refractivity (Wildman–Crippen MR) is 92.6 cm³/mol. The second kappa shape index (κ2) is 7.27. The molecule has 2 aromatic carbocycles. The van der Waals surface area contributed by atoms with E-state index in [9.17, 15) is 9.32 Å². The van der Waals surface area contributed by atoms with Crippen LogP contribution in [0.1, 0.15) is 32.4 Å². The van der Waals surface area contributed by atoms with Gasteiger partial charge in [-0.15, -0.1) is 0 Å². The molecule has 2 aromatic rings. The van der Waals surface area contributed by atoms with Crippen LogP contribution in [0.25, 0.3) is 0 Å². The third kappa shape index (κ3) is 3.69. The van der Waals surface area contributed by atoms with E-state index in [4.69, 9.17) is 11.6 Å². The summed E-state index contributed by atoms with van der Waals surface area (Å²) in [5.41, 5.74) is 1.66. The van der Waals surface area contributed by atoms with Gasteiger partial charge in [-0.3, -0.25) is 4.31 Å². The normalized spacial score (nSPS) is 13.9. The van der Waals surface area contributed by atoms with E-state index in [2.05, 4.69) is 0 Å². The number of anilines is 1. The van der Waals surface area contributed by atoms with Crippen molar-refractivity contribution in [1.82, 2.24) is 0 Å². The van der Waals surface area contributed by atoms with Crippen LogP contribution in [-0.4, -0.2) is 15.4 Å². The third-order valence-corrected chi connectivity index (χ3v) is 5.47. The molecule has 2 atom stereocenters. The first-order chi connectivity index (χ1) is 10.4. The lowest BCUT2D eigenvalue weighted by molar-refractivity contribution is 0.199. The van der Waals surface area contributed by atoms with Crippen LogP contribution < -0.4 is 4.31 Å². The highest BCUT2D eigenvalue weighted by molar-refractivity contribution is 7.86. The Labute approximate surface area is 139 Å². The molecule has 0 radical (unpaired) electrons. The first-order valence-corrected chi connectivity index (χ1v) is 8.64. The van der Waals surface area contributed by atoms with Gasteiger partial charge >= 0.3 is 0 Å². The molecule has 22 heavy (non-hydrogen) atoms. The Morgan fingerprint density at radius 2 is 1.64 bits per heavy atom. The lowest BCUT2D eigenvalue weighted by Gasteiger charge is -2.28. The molecule has 1 N–H and O–H groups in total. The van der Waals surface area contributed by atoms with Crippen LogP contribution in [0, 0.1) is 0 Å². The number of aliphatic hydroxyl groups is 1. The molecule has 0 saturated heterocycles. The lowest BCUT2D eigenvalue weighted by atomic mass is 10.1. The summed E-state index contributed by atoms with van der Waals surface area (Å²) in [4.78, 5) is 0.595. The summed E-state index contributed by atoms with van der Waals surface area (Å²) in [6.07, 6.45) is -0.518. The molecule has 0 amide bonds. The molecule has 0 aromatic heterocycles. The Morgan fingerprint density at radius 1 is 1.05 bits per heavy atom. The summed E-state index contributed by atoms with van der Waals surface area (Å²) in [5, 5.41) is 10.1. The van der Waals surface area contributed by atoms with Crippen molar-refractivity contribution in [2.45, 2.75) is 37.8 Å². The minimum Gasteiger partial charge on any atom is -0.389 e. The second-order valence-corrected chi connectivity index (χ2v) is 7.11.